The molecule has 1 aliphatic heterocycles. The van der Waals surface area contributed by atoms with Crippen molar-refractivity contribution in [3.05, 3.63) is 23.8 Å². The number of carbonyl (C=O) groups is 1. The van der Waals surface area contributed by atoms with Gasteiger partial charge in [-0.25, -0.2) is 0 Å². The lowest BCUT2D eigenvalue weighted by molar-refractivity contribution is -0.128. The van der Waals surface area contributed by atoms with E-state index in [0.29, 0.717) is 31.0 Å². The van der Waals surface area contributed by atoms with Crippen molar-refractivity contribution in [2.75, 3.05) is 20.8 Å². The summed E-state index contributed by atoms with van der Waals surface area (Å²) in [5.74, 6) is 1.51. The van der Waals surface area contributed by atoms with E-state index in [9.17, 15) is 4.79 Å². The molecule has 0 aromatic heterocycles. The van der Waals surface area contributed by atoms with Gasteiger partial charge in [-0.2, -0.15) is 12.6 Å². The number of likely N-dealkylation sites (tertiary alicyclic amines) is 1. The van der Waals surface area contributed by atoms with E-state index in [-0.39, 0.29) is 11.2 Å². The molecule has 0 bridgehead atoms. The highest BCUT2D eigenvalue weighted by molar-refractivity contribution is 7.81. The minimum absolute atomic E-state index is 0.133. The third-order valence-electron chi connectivity index (χ3n) is 3.04. The first-order valence-corrected chi connectivity index (χ1v) is 6.33. The smallest absolute Gasteiger partial charge is 0.224 e. The first-order chi connectivity index (χ1) is 8.65. The minimum atomic E-state index is 0.133. The summed E-state index contributed by atoms with van der Waals surface area (Å²) >= 11 is 4.35. The van der Waals surface area contributed by atoms with Crippen LogP contribution in [0.2, 0.25) is 0 Å². The normalized spacial score (nSPS) is 19.2. The monoisotopic (exact) mass is 267 g/mol. The Morgan fingerprint density at radius 2 is 2.17 bits per heavy atom. The molecule has 2 rings (SSSR count). The van der Waals surface area contributed by atoms with Crippen molar-refractivity contribution in [3.63, 3.8) is 0 Å². The third-order valence-corrected chi connectivity index (χ3v) is 3.39. The summed E-state index contributed by atoms with van der Waals surface area (Å²) in [6, 6.07) is 5.69. The molecule has 0 spiro atoms. The van der Waals surface area contributed by atoms with Crippen LogP contribution >= 0.6 is 12.6 Å². The molecule has 1 saturated heterocycles. The van der Waals surface area contributed by atoms with Crippen molar-refractivity contribution < 1.29 is 14.3 Å². The largest absolute Gasteiger partial charge is 0.493 e. The van der Waals surface area contributed by atoms with Crippen molar-refractivity contribution in [1.29, 1.82) is 0 Å². The highest BCUT2D eigenvalue weighted by atomic mass is 32.1. The van der Waals surface area contributed by atoms with Gasteiger partial charge in [-0.15, -0.1) is 0 Å². The van der Waals surface area contributed by atoms with E-state index in [1.54, 1.807) is 19.1 Å². The van der Waals surface area contributed by atoms with Gasteiger partial charge in [0, 0.05) is 30.3 Å². The maximum Gasteiger partial charge on any atom is 0.224 e. The number of para-hydroxylation sites is 1. The fourth-order valence-electron chi connectivity index (χ4n) is 2.19. The Morgan fingerprint density at radius 3 is 2.72 bits per heavy atom. The molecule has 0 N–H and O–H groups in total. The Morgan fingerprint density at radius 1 is 1.39 bits per heavy atom. The summed E-state index contributed by atoms with van der Waals surface area (Å²) in [6.07, 6.45) is 0.509. The van der Waals surface area contributed by atoms with E-state index in [0.717, 1.165) is 5.56 Å². The molecule has 1 heterocycles. The van der Waals surface area contributed by atoms with Crippen LogP contribution < -0.4 is 9.47 Å². The molecule has 1 aliphatic rings. The second kappa shape index (κ2) is 5.52. The van der Waals surface area contributed by atoms with Gasteiger partial charge >= 0.3 is 0 Å². The minimum Gasteiger partial charge on any atom is -0.493 e. The molecule has 18 heavy (non-hydrogen) atoms. The summed E-state index contributed by atoms with van der Waals surface area (Å²) in [7, 11) is 3.21. The molecule has 1 aromatic rings. The van der Waals surface area contributed by atoms with E-state index in [1.165, 1.54) is 0 Å². The molecule has 0 aliphatic carbocycles. The molecule has 4 nitrogen and oxygen atoms in total. The van der Waals surface area contributed by atoms with E-state index in [1.807, 2.05) is 18.2 Å². The lowest BCUT2D eigenvalue weighted by atomic mass is 10.1. The molecule has 0 radical (unpaired) electrons. The van der Waals surface area contributed by atoms with E-state index in [4.69, 9.17) is 9.47 Å². The van der Waals surface area contributed by atoms with E-state index < -0.39 is 0 Å². The second-order valence-electron chi connectivity index (χ2n) is 4.28. The summed E-state index contributed by atoms with van der Waals surface area (Å²) in [4.78, 5) is 13.5. The Bertz CT molecular complexity index is 450. The number of methoxy groups -OCH3 is 2. The van der Waals surface area contributed by atoms with Gasteiger partial charge < -0.3 is 14.4 Å². The van der Waals surface area contributed by atoms with Crippen LogP contribution in [0.5, 0.6) is 11.5 Å². The van der Waals surface area contributed by atoms with Gasteiger partial charge in [0.2, 0.25) is 5.91 Å². The number of amides is 1. The summed E-state index contributed by atoms with van der Waals surface area (Å²) in [5.41, 5.74) is 0.952. The lowest BCUT2D eigenvalue weighted by Crippen LogP contribution is -2.25. The van der Waals surface area contributed by atoms with E-state index in [2.05, 4.69) is 12.6 Å². The number of hydrogen-bond acceptors (Lipinski definition) is 4. The number of carbonyl (C=O) groups excluding carboxylic acids is 1. The topological polar surface area (TPSA) is 38.8 Å². The Hall–Kier alpha value is -1.36. The van der Waals surface area contributed by atoms with E-state index >= 15 is 0 Å². The number of ether oxygens (including phenoxy) is 2. The van der Waals surface area contributed by atoms with Gasteiger partial charge in [-0.05, 0) is 6.07 Å². The van der Waals surface area contributed by atoms with Gasteiger partial charge in [0.05, 0.1) is 14.2 Å². The fourth-order valence-corrected chi connectivity index (χ4v) is 2.54. The first-order valence-electron chi connectivity index (χ1n) is 5.81. The third kappa shape index (κ3) is 2.56. The highest BCUT2D eigenvalue weighted by Gasteiger charge is 2.28. The summed E-state index contributed by atoms with van der Waals surface area (Å²) in [6.45, 7) is 1.22. The molecule has 1 atom stereocenters. The molecular weight excluding hydrogens is 250 g/mol. The lowest BCUT2D eigenvalue weighted by Gasteiger charge is -2.19. The van der Waals surface area contributed by atoms with Gasteiger partial charge in [0.15, 0.2) is 11.5 Å². The van der Waals surface area contributed by atoms with Crippen LogP contribution in [0, 0.1) is 0 Å². The standard InChI is InChI=1S/C13H17NO3S/c1-16-11-5-3-4-9(13(11)17-2)7-14-8-10(18)6-12(14)15/h3-5,10,18H,6-8H2,1-2H3. The molecule has 1 unspecified atom stereocenters. The molecule has 1 fully saturated rings. The average molecular weight is 267 g/mol. The van der Waals surface area contributed by atoms with Crippen LogP contribution in [-0.2, 0) is 11.3 Å². The maximum atomic E-state index is 11.7. The van der Waals surface area contributed by atoms with Crippen LogP contribution in [0.25, 0.3) is 0 Å². The summed E-state index contributed by atoms with van der Waals surface area (Å²) < 4.78 is 10.6. The molecule has 98 valence electrons. The number of rotatable bonds is 4. The van der Waals surface area contributed by atoms with Gasteiger partial charge in [0.1, 0.15) is 0 Å². The quantitative estimate of drug-likeness (QED) is 0.845. The van der Waals surface area contributed by atoms with Gasteiger partial charge in [0.25, 0.3) is 0 Å². The SMILES string of the molecule is COc1cccc(CN2CC(S)CC2=O)c1OC. The zero-order valence-electron chi connectivity index (χ0n) is 10.5. The molecule has 1 aromatic carbocycles. The van der Waals surface area contributed by atoms with Crippen molar-refractivity contribution >= 4 is 18.5 Å². The van der Waals surface area contributed by atoms with Crippen LogP contribution in [0.15, 0.2) is 18.2 Å². The fraction of sp³-hybridized carbons (Fsp3) is 0.462. The Kier molecular flexibility index (Phi) is 4.01. The number of benzene rings is 1. The molecular formula is C13H17NO3S. The Labute approximate surface area is 112 Å². The van der Waals surface area contributed by atoms with Crippen LogP contribution in [0.4, 0.5) is 0 Å². The molecule has 1 amide bonds. The molecule has 5 heteroatoms. The predicted molar refractivity (Wildman–Crippen MR) is 72.4 cm³/mol. The van der Waals surface area contributed by atoms with Crippen molar-refractivity contribution in [2.24, 2.45) is 0 Å². The Balaban J connectivity index is 2.21. The zero-order chi connectivity index (χ0) is 13.1. The zero-order valence-corrected chi connectivity index (χ0v) is 11.4. The van der Waals surface area contributed by atoms with Crippen LogP contribution in [0.3, 0.4) is 0 Å². The molecule has 0 saturated carbocycles. The second-order valence-corrected chi connectivity index (χ2v) is 5.02. The maximum absolute atomic E-state index is 11.7. The van der Waals surface area contributed by atoms with Crippen molar-refractivity contribution in [1.82, 2.24) is 4.90 Å². The van der Waals surface area contributed by atoms with Crippen LogP contribution in [0.1, 0.15) is 12.0 Å². The summed E-state index contributed by atoms with van der Waals surface area (Å²) in [5, 5.41) is 0.133. The predicted octanol–water partition coefficient (Wildman–Crippen LogP) is 1.73. The van der Waals surface area contributed by atoms with Gasteiger partial charge in [-0.1, -0.05) is 12.1 Å². The van der Waals surface area contributed by atoms with Crippen molar-refractivity contribution in [3.8, 4) is 11.5 Å². The number of nitrogens with zero attached hydrogens (tertiary/aromatic N) is 1. The number of hydrogen-bond donors (Lipinski definition) is 1. The first kappa shape index (κ1) is 13.1. The average Bonchev–Trinajstić information content (AvgIpc) is 2.67. The number of thiol groups is 1. The van der Waals surface area contributed by atoms with Gasteiger partial charge in [-0.3, -0.25) is 4.79 Å². The van der Waals surface area contributed by atoms with Crippen LogP contribution in [-0.4, -0.2) is 36.8 Å². The highest BCUT2D eigenvalue weighted by Crippen LogP contribution is 2.32. The van der Waals surface area contributed by atoms with Crippen molar-refractivity contribution in [2.45, 2.75) is 18.2 Å².